The molecule has 20 heavy (non-hydrogen) atoms. The molecule has 0 unspecified atom stereocenters. The Morgan fingerprint density at radius 2 is 2.10 bits per heavy atom. The molecule has 2 rings (SSSR count). The molecule has 0 aromatic heterocycles. The molecule has 6 nitrogen and oxygen atoms in total. The lowest BCUT2D eigenvalue weighted by Crippen LogP contribution is -2.52. The van der Waals surface area contributed by atoms with E-state index in [1.54, 1.807) is 4.90 Å². The van der Waals surface area contributed by atoms with Gasteiger partial charge in [-0.25, -0.2) is 0 Å². The molecule has 2 atom stereocenters. The normalized spacial score (nSPS) is 29.9. The molecule has 0 radical (unpaired) electrons. The Bertz CT molecular complexity index is 388. The Balaban J connectivity index is 1.90. The highest BCUT2D eigenvalue weighted by Gasteiger charge is 2.36. The maximum absolute atomic E-state index is 12.1. The summed E-state index contributed by atoms with van der Waals surface area (Å²) in [5.41, 5.74) is -0.720. The Kier molecular flexibility index (Phi) is 4.97. The third-order valence-electron chi connectivity index (χ3n) is 4.36. The smallest absolute Gasteiger partial charge is 0.235 e. The van der Waals surface area contributed by atoms with Crippen LogP contribution < -0.4 is 5.32 Å². The van der Waals surface area contributed by atoms with Gasteiger partial charge in [-0.3, -0.25) is 9.69 Å². The van der Waals surface area contributed by atoms with Crippen molar-refractivity contribution in [3.05, 3.63) is 0 Å². The minimum Gasteiger partial charge on any atom is -0.395 e. The van der Waals surface area contributed by atoms with Gasteiger partial charge in [0.25, 0.3) is 0 Å². The van der Waals surface area contributed by atoms with Gasteiger partial charge in [-0.15, -0.1) is 0 Å². The number of likely N-dealkylation sites (tertiary alicyclic amines) is 1. The minimum absolute atomic E-state index is 0.0618. The maximum Gasteiger partial charge on any atom is 0.235 e. The maximum atomic E-state index is 12.1. The van der Waals surface area contributed by atoms with Crippen molar-refractivity contribution in [2.45, 2.75) is 56.2 Å². The fraction of sp³-hybridized carbons (Fsp3) is 0.857. The second-order valence-corrected chi connectivity index (χ2v) is 5.96. The number of nitriles is 1. The van der Waals surface area contributed by atoms with Gasteiger partial charge in [0.2, 0.25) is 5.91 Å². The Morgan fingerprint density at radius 3 is 2.70 bits per heavy atom. The van der Waals surface area contributed by atoms with E-state index in [2.05, 4.69) is 11.4 Å². The van der Waals surface area contributed by atoms with Crippen molar-refractivity contribution in [1.29, 1.82) is 5.26 Å². The first-order chi connectivity index (χ1) is 9.58. The first-order valence-electron chi connectivity index (χ1n) is 7.34. The van der Waals surface area contributed by atoms with E-state index < -0.39 is 11.6 Å². The van der Waals surface area contributed by atoms with Crippen LogP contribution in [0.2, 0.25) is 0 Å². The second-order valence-electron chi connectivity index (χ2n) is 5.96. The van der Waals surface area contributed by atoms with Gasteiger partial charge >= 0.3 is 0 Å². The average Bonchev–Trinajstić information content (AvgIpc) is 2.79. The molecule has 3 N–H and O–H groups in total. The number of hydrogen-bond acceptors (Lipinski definition) is 5. The van der Waals surface area contributed by atoms with E-state index in [1.165, 1.54) is 0 Å². The van der Waals surface area contributed by atoms with Crippen molar-refractivity contribution in [2.24, 2.45) is 0 Å². The van der Waals surface area contributed by atoms with Crippen molar-refractivity contribution in [3.8, 4) is 6.07 Å². The molecule has 112 valence electrons. The summed E-state index contributed by atoms with van der Waals surface area (Å²) in [7, 11) is 0. The monoisotopic (exact) mass is 281 g/mol. The van der Waals surface area contributed by atoms with Crippen LogP contribution in [0.1, 0.15) is 38.5 Å². The largest absolute Gasteiger partial charge is 0.395 e. The van der Waals surface area contributed by atoms with Gasteiger partial charge < -0.3 is 15.5 Å². The lowest BCUT2D eigenvalue weighted by Gasteiger charge is -2.32. The summed E-state index contributed by atoms with van der Waals surface area (Å²) < 4.78 is 0. The van der Waals surface area contributed by atoms with Gasteiger partial charge in [-0.2, -0.15) is 5.26 Å². The minimum atomic E-state index is -0.720. The predicted octanol–water partition coefficient (Wildman–Crippen LogP) is -0.243. The van der Waals surface area contributed by atoms with E-state index in [0.29, 0.717) is 25.8 Å². The molecule has 2 fully saturated rings. The summed E-state index contributed by atoms with van der Waals surface area (Å²) in [6.45, 7) is 0.470. The average molecular weight is 281 g/mol. The number of amides is 1. The van der Waals surface area contributed by atoms with E-state index in [4.69, 9.17) is 0 Å². The third kappa shape index (κ3) is 3.48. The van der Waals surface area contributed by atoms with Crippen LogP contribution in [0.3, 0.4) is 0 Å². The SMILES string of the molecule is N#CC1(NC(=O)CN2C[C@@H](O)C[C@H]2CO)CCCCC1. The summed E-state index contributed by atoms with van der Waals surface area (Å²) in [5, 5.41) is 31.0. The molecule has 1 saturated carbocycles. The number of carbonyl (C=O) groups excluding carboxylic acids is 1. The van der Waals surface area contributed by atoms with Crippen LogP contribution in [-0.2, 0) is 4.79 Å². The lowest BCUT2D eigenvalue weighted by molar-refractivity contribution is -0.124. The molecule has 1 amide bonds. The van der Waals surface area contributed by atoms with Gasteiger partial charge in [0.05, 0.1) is 25.3 Å². The number of β-amino-alcohol motifs (C(OH)–C–C–N with tert-alkyl or cyclic N) is 1. The van der Waals surface area contributed by atoms with E-state index in [9.17, 15) is 20.3 Å². The van der Waals surface area contributed by atoms with Crippen molar-refractivity contribution < 1.29 is 15.0 Å². The number of aliphatic hydroxyl groups excluding tert-OH is 2. The number of hydrogen-bond donors (Lipinski definition) is 3. The van der Waals surface area contributed by atoms with Gasteiger partial charge in [-0.1, -0.05) is 19.3 Å². The number of carbonyl (C=O) groups is 1. The van der Waals surface area contributed by atoms with Gasteiger partial charge in [-0.05, 0) is 19.3 Å². The summed E-state index contributed by atoms with van der Waals surface area (Å²) in [6, 6.07) is 2.09. The molecular weight excluding hydrogens is 258 g/mol. The van der Waals surface area contributed by atoms with E-state index in [1.807, 2.05) is 0 Å². The number of rotatable bonds is 4. The topological polar surface area (TPSA) is 96.6 Å². The standard InChI is InChI=1S/C14H23N3O3/c15-10-14(4-2-1-3-5-14)16-13(20)8-17-7-12(19)6-11(17)9-18/h11-12,18-19H,1-9H2,(H,16,20)/t11-,12-/m0/s1. The summed E-state index contributed by atoms with van der Waals surface area (Å²) >= 11 is 0. The third-order valence-corrected chi connectivity index (χ3v) is 4.36. The molecule has 0 spiro atoms. The van der Waals surface area contributed by atoms with Crippen LogP contribution in [0, 0.1) is 11.3 Å². The Labute approximate surface area is 119 Å². The Morgan fingerprint density at radius 1 is 1.40 bits per heavy atom. The quantitative estimate of drug-likeness (QED) is 0.660. The highest BCUT2D eigenvalue weighted by atomic mass is 16.3. The van der Waals surface area contributed by atoms with Gasteiger partial charge in [0, 0.05) is 12.6 Å². The van der Waals surface area contributed by atoms with E-state index in [0.717, 1.165) is 19.3 Å². The summed E-state index contributed by atoms with van der Waals surface area (Å²) in [5.74, 6) is -0.194. The Hall–Kier alpha value is -1.16. The highest BCUT2D eigenvalue weighted by molar-refractivity contribution is 5.79. The zero-order valence-corrected chi connectivity index (χ0v) is 11.7. The number of nitrogens with one attached hydrogen (secondary N) is 1. The summed E-state index contributed by atoms with van der Waals surface area (Å²) in [6.07, 6.45) is 4.48. The van der Waals surface area contributed by atoms with Crippen molar-refractivity contribution >= 4 is 5.91 Å². The molecule has 1 heterocycles. The molecule has 2 aliphatic rings. The molecular formula is C14H23N3O3. The van der Waals surface area contributed by atoms with E-state index >= 15 is 0 Å². The lowest BCUT2D eigenvalue weighted by atomic mass is 9.83. The van der Waals surface area contributed by atoms with Crippen LogP contribution in [0.4, 0.5) is 0 Å². The second kappa shape index (κ2) is 6.53. The molecule has 1 aliphatic carbocycles. The molecule has 6 heteroatoms. The fourth-order valence-electron chi connectivity index (χ4n) is 3.25. The van der Waals surface area contributed by atoms with Gasteiger partial charge in [0.1, 0.15) is 5.54 Å². The molecule has 0 aromatic carbocycles. The highest BCUT2D eigenvalue weighted by Crippen LogP contribution is 2.27. The van der Waals surface area contributed by atoms with Crippen LogP contribution in [0.25, 0.3) is 0 Å². The molecule has 1 saturated heterocycles. The van der Waals surface area contributed by atoms with Crippen molar-refractivity contribution in [1.82, 2.24) is 10.2 Å². The molecule has 0 bridgehead atoms. The van der Waals surface area contributed by atoms with Gasteiger partial charge in [0.15, 0.2) is 0 Å². The van der Waals surface area contributed by atoms with Crippen molar-refractivity contribution in [3.63, 3.8) is 0 Å². The van der Waals surface area contributed by atoms with Crippen molar-refractivity contribution in [2.75, 3.05) is 19.7 Å². The zero-order valence-electron chi connectivity index (χ0n) is 11.7. The predicted molar refractivity (Wildman–Crippen MR) is 72.6 cm³/mol. The zero-order chi connectivity index (χ0) is 14.6. The van der Waals surface area contributed by atoms with Crippen LogP contribution in [0.15, 0.2) is 0 Å². The summed E-state index contributed by atoms with van der Waals surface area (Å²) in [4.78, 5) is 13.9. The number of nitrogens with zero attached hydrogens (tertiary/aromatic N) is 2. The van der Waals surface area contributed by atoms with Crippen LogP contribution >= 0.6 is 0 Å². The molecule has 0 aromatic rings. The first kappa shape index (κ1) is 15.2. The first-order valence-corrected chi connectivity index (χ1v) is 7.34. The fourth-order valence-corrected chi connectivity index (χ4v) is 3.25. The van der Waals surface area contributed by atoms with Crippen LogP contribution in [-0.4, -0.2) is 58.4 Å². The van der Waals surface area contributed by atoms with Crippen LogP contribution in [0.5, 0.6) is 0 Å². The van der Waals surface area contributed by atoms with E-state index in [-0.39, 0.29) is 25.1 Å². The number of aliphatic hydroxyl groups is 2. The molecule has 1 aliphatic heterocycles.